The molecule has 0 aromatic heterocycles. The minimum atomic E-state index is -0.931. The van der Waals surface area contributed by atoms with Gasteiger partial charge in [0.05, 0.1) is 21.5 Å². The molecule has 0 fully saturated rings. The van der Waals surface area contributed by atoms with Gasteiger partial charge in [-0.05, 0) is 53.8 Å². The maximum absolute atomic E-state index is 13.9. The van der Waals surface area contributed by atoms with Gasteiger partial charge in [-0.1, -0.05) is 13.8 Å². The summed E-state index contributed by atoms with van der Waals surface area (Å²) in [7, 11) is 0. The van der Waals surface area contributed by atoms with Gasteiger partial charge in [0.15, 0.2) is 0 Å². The summed E-state index contributed by atoms with van der Waals surface area (Å²) in [5.74, 6) is -3.42. The number of carboxylic acids is 1. The van der Waals surface area contributed by atoms with Gasteiger partial charge in [0.1, 0.15) is 40.5 Å². The number of fused-ring (bicyclic) bond motifs is 2. The lowest BCUT2D eigenvalue weighted by molar-refractivity contribution is -0.139. The van der Waals surface area contributed by atoms with Crippen LogP contribution in [-0.4, -0.2) is 47.8 Å². The van der Waals surface area contributed by atoms with Crippen molar-refractivity contribution < 1.29 is 40.5 Å². The SMILES string of the molecule is CC(C)[C@H](N)C(=O)O.Cc1cc(O)c2c(=O)c3c(O)cc(O)c4c5c(O)cc(O)c6c(=O)c7c(O)cc(C)c8c1c2c(c34)c(c78)c65. The first-order valence-electron chi connectivity index (χ1n) is 14.3. The van der Waals surface area contributed by atoms with Crippen LogP contribution in [0.4, 0.5) is 0 Å². The summed E-state index contributed by atoms with van der Waals surface area (Å²) in [5.41, 5.74) is 5.05. The average Bonchev–Trinajstić information content (AvgIpc) is 2.95. The van der Waals surface area contributed by atoms with Crippen LogP contribution in [0.1, 0.15) is 25.0 Å². The summed E-state index contributed by atoms with van der Waals surface area (Å²) >= 11 is 0. The third-order valence-electron chi connectivity index (χ3n) is 9.24. The number of benzene rings is 8. The zero-order valence-electron chi connectivity index (χ0n) is 24.9. The quantitative estimate of drug-likeness (QED) is 0.0933. The maximum Gasteiger partial charge on any atom is 0.320 e. The molecule has 46 heavy (non-hydrogen) atoms. The van der Waals surface area contributed by atoms with Crippen molar-refractivity contribution >= 4 is 81.4 Å². The second kappa shape index (κ2) is 9.11. The van der Waals surface area contributed by atoms with Crippen LogP contribution in [0.25, 0.3) is 75.4 Å². The summed E-state index contributed by atoms with van der Waals surface area (Å²) in [5, 5.41) is 76.7. The fraction of sp³-hybridized carbons (Fsp3) is 0.171. The van der Waals surface area contributed by atoms with Crippen molar-refractivity contribution in [2.75, 3.05) is 0 Å². The molecule has 0 aliphatic heterocycles. The van der Waals surface area contributed by atoms with Crippen molar-refractivity contribution in [3.8, 4) is 34.5 Å². The van der Waals surface area contributed by atoms with Crippen LogP contribution < -0.4 is 16.6 Å². The van der Waals surface area contributed by atoms with Crippen LogP contribution in [-0.2, 0) is 4.79 Å². The van der Waals surface area contributed by atoms with Crippen molar-refractivity contribution in [1.29, 1.82) is 0 Å². The van der Waals surface area contributed by atoms with Gasteiger partial charge in [-0.25, -0.2) is 0 Å². The van der Waals surface area contributed by atoms with Crippen molar-refractivity contribution in [3.05, 3.63) is 55.8 Å². The summed E-state index contributed by atoms with van der Waals surface area (Å²) in [4.78, 5) is 37.8. The Balaban J connectivity index is 0.000000378. The molecule has 0 saturated heterocycles. The molecule has 11 heteroatoms. The molecule has 0 saturated carbocycles. The Morgan fingerprint density at radius 1 is 0.500 bits per heavy atom. The normalized spacial score (nSPS) is 13.0. The van der Waals surface area contributed by atoms with Crippen molar-refractivity contribution in [3.63, 3.8) is 0 Å². The monoisotopic (exact) mass is 621 g/mol. The van der Waals surface area contributed by atoms with Gasteiger partial charge < -0.3 is 41.5 Å². The van der Waals surface area contributed by atoms with Crippen LogP contribution in [0.3, 0.4) is 0 Å². The van der Waals surface area contributed by atoms with E-state index in [9.17, 15) is 45.0 Å². The second-order valence-electron chi connectivity index (χ2n) is 12.3. The van der Waals surface area contributed by atoms with E-state index in [1.165, 1.54) is 12.1 Å². The highest BCUT2D eigenvalue weighted by Crippen LogP contribution is 2.56. The maximum atomic E-state index is 13.9. The molecule has 0 aliphatic carbocycles. The number of carbonyl (C=O) groups is 1. The lowest BCUT2D eigenvalue weighted by Crippen LogP contribution is -2.34. The summed E-state index contributed by atoms with van der Waals surface area (Å²) < 4.78 is 0. The standard InChI is InChI=1S/C30H16O8.C5H11NO2/c1-7-3-9(31)19-23-15(7)16-8(2)4-10(32)20-24(16)28-26-18(12(34)6-14(36)22(26)30(20)38)17-11(33)5-13(35)21(29(19)37)25(17)27(23)28;1-3(2)4(6)5(7)8/h3-6,31-36H,1-2H3;3-4H,6H2,1-2H3,(H,7,8)/t;4-/m.0/s1. The van der Waals surface area contributed by atoms with E-state index in [1.807, 2.05) is 0 Å². The Kier molecular flexibility index (Phi) is 5.73. The highest BCUT2D eigenvalue weighted by Gasteiger charge is 2.32. The molecule has 0 aliphatic rings. The van der Waals surface area contributed by atoms with E-state index in [-0.39, 0.29) is 60.5 Å². The molecule has 0 spiro atoms. The fourth-order valence-electron chi connectivity index (χ4n) is 7.26. The summed E-state index contributed by atoms with van der Waals surface area (Å²) in [6.07, 6.45) is 0. The van der Waals surface area contributed by atoms with E-state index in [4.69, 9.17) is 10.8 Å². The van der Waals surface area contributed by atoms with Crippen molar-refractivity contribution in [2.45, 2.75) is 33.7 Å². The van der Waals surface area contributed by atoms with Crippen LogP contribution in [0.5, 0.6) is 34.5 Å². The molecule has 0 heterocycles. The Labute approximate surface area is 257 Å². The molecule has 0 bridgehead atoms. The molecule has 0 radical (unpaired) electrons. The van der Waals surface area contributed by atoms with Gasteiger partial charge >= 0.3 is 5.97 Å². The Hall–Kier alpha value is -5.81. The Morgan fingerprint density at radius 2 is 0.761 bits per heavy atom. The van der Waals surface area contributed by atoms with Gasteiger partial charge in [0.2, 0.25) is 10.9 Å². The van der Waals surface area contributed by atoms with Gasteiger partial charge in [-0.15, -0.1) is 0 Å². The predicted octanol–water partition coefficient (Wildman–Crippen LogP) is 5.14. The zero-order chi connectivity index (χ0) is 33.4. The summed E-state index contributed by atoms with van der Waals surface area (Å²) in [6.45, 7) is 7.06. The van der Waals surface area contributed by atoms with Crippen LogP contribution >= 0.6 is 0 Å². The topological polar surface area (TPSA) is 219 Å². The molecule has 0 amide bonds. The van der Waals surface area contributed by atoms with E-state index >= 15 is 0 Å². The molecule has 8 aromatic carbocycles. The van der Waals surface area contributed by atoms with E-state index < -0.39 is 45.9 Å². The number of aromatic hydroxyl groups is 6. The van der Waals surface area contributed by atoms with Crippen molar-refractivity contribution in [1.82, 2.24) is 0 Å². The molecule has 0 unspecified atom stereocenters. The minimum absolute atomic E-state index is 0.0208. The molecule has 232 valence electrons. The van der Waals surface area contributed by atoms with E-state index in [0.29, 0.717) is 43.4 Å². The largest absolute Gasteiger partial charge is 0.507 e. The second-order valence-corrected chi connectivity index (χ2v) is 12.3. The molecule has 1 atom stereocenters. The van der Waals surface area contributed by atoms with E-state index in [1.54, 1.807) is 27.7 Å². The Morgan fingerprint density at radius 3 is 1.04 bits per heavy atom. The van der Waals surface area contributed by atoms with Crippen LogP contribution in [0.15, 0.2) is 33.9 Å². The molecule has 9 N–H and O–H groups in total. The van der Waals surface area contributed by atoms with Gasteiger partial charge in [-0.3, -0.25) is 14.4 Å². The minimum Gasteiger partial charge on any atom is -0.507 e. The number of aryl methyl sites for hydroxylation is 2. The van der Waals surface area contributed by atoms with Gasteiger partial charge in [0, 0.05) is 55.2 Å². The van der Waals surface area contributed by atoms with E-state index in [0.717, 1.165) is 12.1 Å². The molecular weight excluding hydrogens is 594 g/mol. The number of rotatable bonds is 2. The van der Waals surface area contributed by atoms with Gasteiger partial charge in [0.25, 0.3) is 0 Å². The first kappa shape index (κ1) is 28.9. The predicted molar refractivity (Wildman–Crippen MR) is 176 cm³/mol. The number of phenolic OH excluding ortho intramolecular Hbond substituents is 6. The smallest absolute Gasteiger partial charge is 0.320 e. The lowest BCUT2D eigenvalue weighted by atomic mass is 9.78. The summed E-state index contributed by atoms with van der Waals surface area (Å²) in [6, 6.07) is 4.15. The third-order valence-corrected chi connectivity index (χ3v) is 9.24. The van der Waals surface area contributed by atoms with Crippen LogP contribution in [0, 0.1) is 19.8 Å². The third kappa shape index (κ3) is 3.32. The number of phenols is 6. The highest BCUT2D eigenvalue weighted by atomic mass is 16.4. The highest BCUT2D eigenvalue weighted by molar-refractivity contribution is 6.50. The zero-order valence-corrected chi connectivity index (χ0v) is 24.9. The average molecular weight is 622 g/mol. The lowest BCUT2D eigenvalue weighted by Gasteiger charge is -2.25. The molecular formula is C35H27NO10. The number of aliphatic carboxylic acids is 1. The first-order valence-corrected chi connectivity index (χ1v) is 14.3. The number of hydrogen-bond donors (Lipinski definition) is 8. The number of hydrogen-bond acceptors (Lipinski definition) is 10. The molecule has 8 aromatic rings. The molecule has 11 nitrogen and oxygen atoms in total. The van der Waals surface area contributed by atoms with Gasteiger partial charge in [-0.2, -0.15) is 0 Å². The number of carboxylic acid groups (broad SMARTS) is 1. The van der Waals surface area contributed by atoms with Crippen LogP contribution in [0.2, 0.25) is 0 Å². The Bertz CT molecular complexity index is 2390. The van der Waals surface area contributed by atoms with Crippen molar-refractivity contribution in [2.24, 2.45) is 11.7 Å². The fourth-order valence-corrected chi connectivity index (χ4v) is 7.26. The first-order chi connectivity index (χ1) is 21.6. The number of nitrogens with two attached hydrogens (primary N) is 1. The molecule has 8 rings (SSSR count). The van der Waals surface area contributed by atoms with E-state index in [2.05, 4.69) is 0 Å².